The fourth-order valence-electron chi connectivity index (χ4n) is 0.573. The third-order valence-corrected chi connectivity index (χ3v) is 1.44. The minimum absolute atomic E-state index is 0. The van der Waals surface area contributed by atoms with E-state index in [1.54, 1.807) is 0 Å². The molecule has 0 saturated carbocycles. The van der Waals surface area contributed by atoms with Crippen molar-refractivity contribution < 1.29 is 38.9 Å². The number of carbonyl (C=O) groups is 4. The van der Waals surface area contributed by atoms with Crippen LogP contribution in [-0.4, -0.2) is 122 Å². The van der Waals surface area contributed by atoms with Crippen LogP contribution in [0.1, 0.15) is 13.8 Å². The first-order valence-electron chi connectivity index (χ1n) is 4.79. The Balaban J connectivity index is -0.00000144. The molecule has 108 valence electrons. The van der Waals surface area contributed by atoms with Gasteiger partial charge in [0.05, 0.1) is 0 Å². The number of esters is 4. The van der Waals surface area contributed by atoms with E-state index < -0.39 is 36.1 Å². The predicted molar refractivity (Wildman–Crippen MR) is 71.8 cm³/mol. The monoisotopic (exact) mass is 344 g/mol. The molecule has 20 heavy (non-hydrogen) atoms. The fourth-order valence-corrected chi connectivity index (χ4v) is 0.573. The van der Waals surface area contributed by atoms with Crippen molar-refractivity contribution in [2.24, 2.45) is 0 Å². The van der Waals surface area contributed by atoms with E-state index in [-0.39, 0.29) is 75.5 Å². The summed E-state index contributed by atoms with van der Waals surface area (Å²) in [6.07, 6.45) is -1.88. The molecule has 0 spiro atoms. The summed E-state index contributed by atoms with van der Waals surface area (Å²) < 4.78 is 8.12. The zero-order chi connectivity index (χ0) is 14.3. The first-order valence-corrected chi connectivity index (χ1v) is 4.79. The predicted octanol–water partition coefficient (Wildman–Crippen LogP) is -3.39. The summed E-state index contributed by atoms with van der Waals surface area (Å²) in [5, 5.41) is 17.4. The van der Waals surface area contributed by atoms with Crippen LogP contribution in [0.15, 0.2) is 12.2 Å². The van der Waals surface area contributed by atoms with Crippen molar-refractivity contribution in [3.63, 3.8) is 0 Å². The molecular weight excluding hydrogens is 328 g/mol. The molecule has 0 fully saturated rings. The van der Waals surface area contributed by atoms with Crippen LogP contribution in [-0.2, 0) is 28.7 Å². The number of hydrogen-bond donors (Lipinski definition) is 2. The van der Waals surface area contributed by atoms with Crippen molar-refractivity contribution >= 4 is 99.4 Å². The van der Waals surface area contributed by atoms with Crippen LogP contribution in [0, 0.1) is 0 Å². The van der Waals surface area contributed by atoms with Crippen LogP contribution in [0.25, 0.3) is 0 Å². The molecule has 10 heteroatoms. The van der Waals surface area contributed by atoms with E-state index in [4.69, 9.17) is 10.2 Å². The second kappa shape index (κ2) is 13.1. The number of aliphatic hydroxyl groups is 2. The van der Waals surface area contributed by atoms with Gasteiger partial charge in [-0.15, -0.1) is 0 Å². The number of aliphatic hydroxyl groups excluding tert-OH is 2. The summed E-state index contributed by atoms with van der Waals surface area (Å²) in [5.74, 6) is -4.78. The van der Waals surface area contributed by atoms with Gasteiger partial charge in [0, 0.05) is 12.2 Å². The molecule has 8 nitrogen and oxygen atoms in total. The Labute approximate surface area is 174 Å². The van der Waals surface area contributed by atoms with Crippen molar-refractivity contribution in [2.75, 3.05) is 0 Å². The van der Waals surface area contributed by atoms with Gasteiger partial charge in [0.25, 0.3) is 0 Å². The van der Waals surface area contributed by atoms with Gasteiger partial charge >= 0.3 is 99.4 Å². The SMILES string of the molecule is CC(O)C(=O)OC(=O)/C=C\C(=O)OC(=O)C(C)O.[CaH2].[CaH2]. The maximum atomic E-state index is 10.9. The van der Waals surface area contributed by atoms with Gasteiger partial charge in [0.1, 0.15) is 12.2 Å². The minimum atomic E-state index is -1.48. The van der Waals surface area contributed by atoms with E-state index in [1.165, 1.54) is 0 Å². The molecule has 0 aromatic rings. The Hall–Kier alpha value is 0.459. The summed E-state index contributed by atoms with van der Waals surface area (Å²) in [5.41, 5.74) is 0. The molecule has 0 heterocycles. The van der Waals surface area contributed by atoms with Gasteiger partial charge in [-0.2, -0.15) is 0 Å². The molecule has 0 aliphatic carbocycles. The molecule has 2 unspecified atom stereocenters. The average molecular weight is 344 g/mol. The Morgan fingerprint density at radius 1 is 0.800 bits per heavy atom. The van der Waals surface area contributed by atoms with Gasteiger partial charge in [-0.25, -0.2) is 19.2 Å². The molecule has 0 aliphatic heterocycles. The van der Waals surface area contributed by atoms with Crippen molar-refractivity contribution in [1.29, 1.82) is 0 Å². The molecule has 0 aromatic heterocycles. The second-order valence-electron chi connectivity index (χ2n) is 3.17. The van der Waals surface area contributed by atoms with E-state index in [2.05, 4.69) is 9.47 Å². The summed E-state index contributed by atoms with van der Waals surface area (Å²) >= 11 is 0. The van der Waals surface area contributed by atoms with Gasteiger partial charge in [-0.1, -0.05) is 0 Å². The number of ether oxygens (including phenoxy) is 2. The first kappa shape index (κ1) is 25.4. The molecule has 0 radical (unpaired) electrons. The van der Waals surface area contributed by atoms with Crippen molar-refractivity contribution in [2.45, 2.75) is 26.1 Å². The quantitative estimate of drug-likeness (QED) is 0.234. The Kier molecular flexibility index (Phi) is 16.7. The third kappa shape index (κ3) is 12.2. The van der Waals surface area contributed by atoms with Crippen LogP contribution in [0.5, 0.6) is 0 Å². The third-order valence-electron chi connectivity index (χ3n) is 1.44. The van der Waals surface area contributed by atoms with Crippen LogP contribution in [0.4, 0.5) is 0 Å². The number of hydrogen-bond acceptors (Lipinski definition) is 8. The fraction of sp³-hybridized carbons (Fsp3) is 0.400. The van der Waals surface area contributed by atoms with E-state index in [9.17, 15) is 19.2 Å². The zero-order valence-electron chi connectivity index (χ0n) is 9.65. The van der Waals surface area contributed by atoms with Crippen molar-refractivity contribution in [3.05, 3.63) is 12.2 Å². The summed E-state index contributed by atoms with van der Waals surface area (Å²) in [7, 11) is 0. The molecule has 0 rings (SSSR count). The normalized spacial score (nSPS) is 12.4. The molecule has 0 amide bonds. The van der Waals surface area contributed by atoms with Gasteiger partial charge in [0.15, 0.2) is 0 Å². The van der Waals surface area contributed by atoms with E-state index >= 15 is 0 Å². The second-order valence-corrected chi connectivity index (χ2v) is 3.17. The van der Waals surface area contributed by atoms with Gasteiger partial charge in [-0.05, 0) is 13.8 Å². The molecule has 0 saturated heterocycles. The van der Waals surface area contributed by atoms with Gasteiger partial charge < -0.3 is 19.7 Å². The van der Waals surface area contributed by atoms with E-state index in [1.807, 2.05) is 0 Å². The summed E-state index contributed by atoms with van der Waals surface area (Å²) in [6.45, 7) is 2.18. The topological polar surface area (TPSA) is 127 Å². The van der Waals surface area contributed by atoms with Crippen LogP contribution in [0.2, 0.25) is 0 Å². The zero-order valence-corrected chi connectivity index (χ0v) is 9.65. The molecular formula is C10H16Ca2O8. The first-order chi connectivity index (χ1) is 8.23. The van der Waals surface area contributed by atoms with Gasteiger partial charge in [-0.3, -0.25) is 0 Å². The Bertz CT molecular complexity index is 353. The maximum absolute atomic E-state index is 10.9. The van der Waals surface area contributed by atoms with E-state index in [0.29, 0.717) is 12.2 Å². The van der Waals surface area contributed by atoms with Crippen LogP contribution < -0.4 is 0 Å². The van der Waals surface area contributed by atoms with Crippen LogP contribution >= 0.6 is 0 Å². The average Bonchev–Trinajstić information content (AvgIpc) is 2.25. The van der Waals surface area contributed by atoms with E-state index in [0.717, 1.165) is 13.8 Å². The molecule has 0 aliphatic rings. The molecule has 2 atom stereocenters. The summed E-state index contributed by atoms with van der Waals surface area (Å²) in [4.78, 5) is 43.3. The Morgan fingerprint density at radius 2 is 1.05 bits per heavy atom. The van der Waals surface area contributed by atoms with Crippen molar-refractivity contribution in [3.8, 4) is 0 Å². The van der Waals surface area contributed by atoms with Crippen molar-refractivity contribution in [1.82, 2.24) is 0 Å². The molecule has 0 aromatic carbocycles. The standard InChI is InChI=1S/C10H12O8.2Ca.4H/c1-5(11)9(15)17-7(13)3-4-8(14)18-10(16)6(2)12;;;;;;/h3-6,11-12H,1-2H3;;;;;;/b4-3-;;;;;;. The molecule has 0 bridgehead atoms. The summed E-state index contributed by atoms with van der Waals surface area (Å²) in [6, 6.07) is 0. The number of carbonyl (C=O) groups excluding carboxylic acids is 4. The Morgan fingerprint density at radius 3 is 1.25 bits per heavy atom. The molecule has 2 N–H and O–H groups in total. The van der Waals surface area contributed by atoms with Gasteiger partial charge in [0.2, 0.25) is 0 Å². The number of rotatable bonds is 4. The van der Waals surface area contributed by atoms with Crippen LogP contribution in [0.3, 0.4) is 0 Å².